The molecule has 1 heteroatoms. The van der Waals surface area contributed by atoms with Gasteiger partial charge in [-0.25, -0.2) is 0 Å². The molecular weight excluding hydrogens is 182 g/mol. The number of rotatable bonds is 5. The smallest absolute Gasteiger partial charge is 0.00172 e. The molecule has 0 saturated carbocycles. The summed E-state index contributed by atoms with van der Waals surface area (Å²) in [6.07, 6.45) is 5.55. The van der Waals surface area contributed by atoms with E-state index in [4.69, 9.17) is 0 Å². The van der Waals surface area contributed by atoms with Gasteiger partial charge in [0, 0.05) is 0 Å². The van der Waals surface area contributed by atoms with Crippen molar-refractivity contribution in [3.8, 4) is 0 Å². The lowest BCUT2D eigenvalue weighted by Crippen LogP contribution is -2.05. The maximum Gasteiger partial charge on any atom is -0.00172 e. The molecule has 1 nitrogen and oxygen atoms in total. The summed E-state index contributed by atoms with van der Waals surface area (Å²) in [5, 5.41) is 3.14. The van der Waals surface area contributed by atoms with E-state index in [2.05, 4.69) is 55.6 Å². The molecule has 82 valence electrons. The van der Waals surface area contributed by atoms with Crippen molar-refractivity contribution in [2.45, 2.75) is 26.2 Å². The molecule has 0 atom stereocenters. The highest BCUT2D eigenvalue weighted by molar-refractivity contribution is 5.54. The number of hydrogen-bond donors (Lipinski definition) is 1. The quantitative estimate of drug-likeness (QED) is 0.723. The summed E-state index contributed by atoms with van der Waals surface area (Å²) in [4.78, 5) is 0. The zero-order chi connectivity index (χ0) is 11.1. The average Bonchev–Trinajstić information content (AvgIpc) is 2.25. The minimum Gasteiger partial charge on any atom is -0.319 e. The van der Waals surface area contributed by atoms with Gasteiger partial charge in [-0.1, -0.05) is 50.3 Å². The molecule has 1 aromatic carbocycles. The third kappa shape index (κ3) is 3.88. The maximum atomic E-state index is 3.14. The highest BCUT2D eigenvalue weighted by Crippen LogP contribution is 2.20. The Morgan fingerprint density at radius 2 is 2.00 bits per heavy atom. The lowest BCUT2D eigenvalue weighted by molar-refractivity contribution is 0.809. The van der Waals surface area contributed by atoms with Crippen LogP contribution in [0.15, 0.2) is 30.3 Å². The van der Waals surface area contributed by atoms with Gasteiger partial charge in [0.1, 0.15) is 0 Å². The van der Waals surface area contributed by atoms with E-state index >= 15 is 0 Å². The molecule has 0 aliphatic heterocycles. The molecule has 0 bridgehead atoms. The summed E-state index contributed by atoms with van der Waals surface area (Å²) in [5.74, 6) is 0.593. The molecule has 0 unspecified atom stereocenters. The van der Waals surface area contributed by atoms with Crippen molar-refractivity contribution in [1.29, 1.82) is 0 Å². The molecule has 0 aliphatic carbocycles. The van der Waals surface area contributed by atoms with Crippen LogP contribution in [0.25, 0.3) is 6.08 Å². The zero-order valence-corrected chi connectivity index (χ0v) is 9.96. The molecule has 15 heavy (non-hydrogen) atoms. The summed E-state index contributed by atoms with van der Waals surface area (Å²) in [6, 6.07) is 8.61. The predicted octanol–water partition coefficient (Wildman–Crippen LogP) is 3.43. The van der Waals surface area contributed by atoms with Gasteiger partial charge in [0.15, 0.2) is 0 Å². The van der Waals surface area contributed by atoms with Crippen molar-refractivity contribution in [2.75, 3.05) is 13.6 Å². The van der Waals surface area contributed by atoms with Crippen LogP contribution < -0.4 is 5.32 Å². The van der Waals surface area contributed by atoms with E-state index in [0.717, 1.165) is 13.0 Å². The summed E-state index contributed by atoms with van der Waals surface area (Å²) >= 11 is 0. The lowest BCUT2D eigenvalue weighted by atomic mass is 9.97. The fourth-order valence-corrected chi connectivity index (χ4v) is 1.63. The fraction of sp³-hybridized carbons (Fsp3) is 0.429. The molecule has 1 aromatic rings. The van der Waals surface area contributed by atoms with Crippen LogP contribution >= 0.6 is 0 Å². The van der Waals surface area contributed by atoms with Crippen molar-refractivity contribution in [1.82, 2.24) is 5.32 Å². The summed E-state index contributed by atoms with van der Waals surface area (Å²) < 4.78 is 0. The molecule has 0 fully saturated rings. The molecular formula is C14H21N. The first-order valence-electron chi connectivity index (χ1n) is 5.65. The molecule has 0 aromatic heterocycles. The normalized spacial score (nSPS) is 11.5. The van der Waals surface area contributed by atoms with E-state index in [0.29, 0.717) is 5.92 Å². The van der Waals surface area contributed by atoms with Gasteiger partial charge in [0.05, 0.1) is 0 Å². The van der Waals surface area contributed by atoms with Gasteiger partial charge in [-0.15, -0.1) is 0 Å². The van der Waals surface area contributed by atoms with Gasteiger partial charge in [0.2, 0.25) is 0 Å². The second kappa shape index (κ2) is 6.41. The summed E-state index contributed by atoms with van der Waals surface area (Å²) in [7, 11) is 1.98. The standard InChI is InChI=1S/C14H21N/c1-12(2)14-10-5-4-8-13(14)9-6-7-11-15-3/h4-6,8-10,12,15H,7,11H2,1-3H3. The van der Waals surface area contributed by atoms with Crippen LogP contribution in [0.3, 0.4) is 0 Å². The molecule has 0 heterocycles. The van der Waals surface area contributed by atoms with Crippen molar-refractivity contribution < 1.29 is 0 Å². The van der Waals surface area contributed by atoms with Gasteiger partial charge in [-0.3, -0.25) is 0 Å². The maximum absolute atomic E-state index is 3.14. The average molecular weight is 203 g/mol. The fourth-order valence-electron chi connectivity index (χ4n) is 1.63. The molecule has 0 aliphatic rings. The van der Waals surface area contributed by atoms with Crippen molar-refractivity contribution in [2.24, 2.45) is 0 Å². The van der Waals surface area contributed by atoms with Crippen LogP contribution in [-0.2, 0) is 0 Å². The van der Waals surface area contributed by atoms with Crippen molar-refractivity contribution in [3.05, 3.63) is 41.5 Å². The first-order valence-corrected chi connectivity index (χ1v) is 5.65. The van der Waals surface area contributed by atoms with E-state index in [-0.39, 0.29) is 0 Å². The molecule has 0 spiro atoms. The Bertz CT molecular complexity index is 313. The van der Waals surface area contributed by atoms with Gasteiger partial charge in [-0.2, -0.15) is 0 Å². The van der Waals surface area contributed by atoms with E-state index < -0.39 is 0 Å². The van der Waals surface area contributed by atoms with Crippen LogP contribution in [0, 0.1) is 0 Å². The summed E-state index contributed by atoms with van der Waals surface area (Å²) in [5.41, 5.74) is 2.78. The first kappa shape index (κ1) is 12.0. The Morgan fingerprint density at radius 1 is 1.27 bits per heavy atom. The first-order chi connectivity index (χ1) is 7.25. The second-order valence-corrected chi connectivity index (χ2v) is 4.08. The Kier molecular flexibility index (Phi) is 5.13. The molecule has 1 N–H and O–H groups in total. The van der Waals surface area contributed by atoms with Crippen LogP contribution in [0.1, 0.15) is 37.3 Å². The van der Waals surface area contributed by atoms with Crippen LogP contribution in [0.5, 0.6) is 0 Å². The zero-order valence-electron chi connectivity index (χ0n) is 9.96. The number of benzene rings is 1. The van der Waals surface area contributed by atoms with Gasteiger partial charge in [-0.05, 0) is 37.1 Å². The molecule has 1 rings (SSSR count). The van der Waals surface area contributed by atoms with Crippen molar-refractivity contribution in [3.63, 3.8) is 0 Å². The van der Waals surface area contributed by atoms with E-state index in [1.165, 1.54) is 11.1 Å². The predicted molar refractivity (Wildman–Crippen MR) is 68.1 cm³/mol. The Labute approximate surface area is 93.2 Å². The van der Waals surface area contributed by atoms with Crippen molar-refractivity contribution >= 4 is 6.08 Å². The van der Waals surface area contributed by atoms with E-state index in [1.807, 2.05) is 7.05 Å². The molecule has 0 saturated heterocycles. The van der Waals surface area contributed by atoms with Crippen LogP contribution in [-0.4, -0.2) is 13.6 Å². The SMILES string of the molecule is CNCCC=Cc1ccccc1C(C)C. The monoisotopic (exact) mass is 203 g/mol. The Hall–Kier alpha value is -1.08. The van der Waals surface area contributed by atoms with Gasteiger partial charge >= 0.3 is 0 Å². The Balaban J connectivity index is 2.71. The van der Waals surface area contributed by atoms with Gasteiger partial charge < -0.3 is 5.32 Å². The Morgan fingerprint density at radius 3 is 2.67 bits per heavy atom. The van der Waals surface area contributed by atoms with E-state index in [1.54, 1.807) is 0 Å². The third-order valence-corrected chi connectivity index (χ3v) is 2.48. The largest absolute Gasteiger partial charge is 0.319 e. The minimum atomic E-state index is 0.593. The van der Waals surface area contributed by atoms with Crippen LogP contribution in [0.4, 0.5) is 0 Å². The highest BCUT2D eigenvalue weighted by atomic mass is 14.8. The lowest BCUT2D eigenvalue weighted by Gasteiger charge is -2.08. The summed E-state index contributed by atoms with van der Waals surface area (Å²) in [6.45, 7) is 5.51. The number of nitrogens with one attached hydrogen (secondary N) is 1. The topological polar surface area (TPSA) is 12.0 Å². The van der Waals surface area contributed by atoms with Gasteiger partial charge in [0.25, 0.3) is 0 Å². The number of hydrogen-bond acceptors (Lipinski definition) is 1. The van der Waals surface area contributed by atoms with E-state index in [9.17, 15) is 0 Å². The van der Waals surface area contributed by atoms with Crippen LogP contribution in [0.2, 0.25) is 0 Å². The molecule has 0 amide bonds. The second-order valence-electron chi connectivity index (χ2n) is 4.08. The third-order valence-electron chi connectivity index (χ3n) is 2.48. The highest BCUT2D eigenvalue weighted by Gasteiger charge is 2.01. The minimum absolute atomic E-state index is 0.593. The molecule has 0 radical (unpaired) electrons.